The number of nitrogens with zero attached hydrogens (tertiary/aromatic N) is 1. The number of hydrogen-bond donors (Lipinski definition) is 3. The maximum absolute atomic E-state index is 5.38. The largest absolute Gasteiger partial charge is 0.382 e. The van der Waals surface area contributed by atoms with Crippen LogP contribution in [0.3, 0.4) is 0 Å². The van der Waals surface area contributed by atoms with Crippen molar-refractivity contribution in [3.63, 3.8) is 0 Å². The van der Waals surface area contributed by atoms with E-state index in [1.54, 1.807) is 7.11 Å². The Kier molecular flexibility index (Phi) is 6.27. The highest BCUT2D eigenvalue weighted by Crippen LogP contribution is 2.01. The molecule has 0 aromatic carbocycles. The van der Waals surface area contributed by atoms with Crippen LogP contribution < -0.4 is 16.6 Å². The fourth-order valence-corrected chi connectivity index (χ4v) is 1.11. The Bertz CT molecular complexity index is 202. The molecular weight excluding hydrogens is 192 g/mol. The second-order valence-electron chi connectivity index (χ2n) is 4.67. The molecule has 5 heteroatoms. The van der Waals surface area contributed by atoms with Crippen molar-refractivity contribution in [3.8, 4) is 0 Å². The molecule has 0 aliphatic carbocycles. The molecule has 0 aromatic rings. The van der Waals surface area contributed by atoms with Gasteiger partial charge in [0.2, 0.25) is 5.96 Å². The van der Waals surface area contributed by atoms with Crippen LogP contribution in [-0.4, -0.2) is 31.8 Å². The minimum atomic E-state index is -0.184. The zero-order chi connectivity index (χ0) is 11.9. The number of nitrogens with two attached hydrogens (primary N) is 1. The number of ether oxygens (including phenoxy) is 1. The molecule has 0 spiro atoms. The molecule has 4 N–H and O–H groups in total. The van der Waals surface area contributed by atoms with Crippen LogP contribution >= 0.6 is 0 Å². The molecule has 0 radical (unpaired) electrons. The van der Waals surface area contributed by atoms with Crippen molar-refractivity contribution < 1.29 is 4.74 Å². The number of methoxy groups -OCH3 is 1. The van der Waals surface area contributed by atoms with Gasteiger partial charge in [0.05, 0.1) is 12.1 Å². The SMILES string of the molecule is COCC(C)(C)NC(=NCC(C)C)NN. The van der Waals surface area contributed by atoms with Crippen LogP contribution in [0.4, 0.5) is 0 Å². The Morgan fingerprint density at radius 2 is 2.07 bits per heavy atom. The van der Waals surface area contributed by atoms with Crippen LogP contribution in [-0.2, 0) is 4.74 Å². The molecule has 0 heterocycles. The van der Waals surface area contributed by atoms with Gasteiger partial charge in [-0.25, -0.2) is 5.84 Å². The first-order chi connectivity index (χ1) is 6.91. The van der Waals surface area contributed by atoms with E-state index in [1.807, 2.05) is 13.8 Å². The van der Waals surface area contributed by atoms with Crippen molar-refractivity contribution >= 4 is 5.96 Å². The third-order valence-corrected chi connectivity index (χ3v) is 1.71. The number of rotatable bonds is 5. The van der Waals surface area contributed by atoms with Crippen LogP contribution in [0.5, 0.6) is 0 Å². The third-order valence-electron chi connectivity index (χ3n) is 1.71. The Labute approximate surface area is 92.4 Å². The molecule has 5 nitrogen and oxygen atoms in total. The first-order valence-corrected chi connectivity index (χ1v) is 5.19. The highest BCUT2D eigenvalue weighted by molar-refractivity contribution is 5.79. The average Bonchev–Trinajstić information content (AvgIpc) is 2.11. The molecule has 90 valence electrons. The van der Waals surface area contributed by atoms with E-state index in [4.69, 9.17) is 10.6 Å². The van der Waals surface area contributed by atoms with E-state index in [0.29, 0.717) is 18.5 Å². The number of hydrazine groups is 1. The van der Waals surface area contributed by atoms with Crippen LogP contribution in [0.25, 0.3) is 0 Å². The number of guanidine groups is 1. The number of hydrogen-bond acceptors (Lipinski definition) is 3. The molecule has 0 unspecified atom stereocenters. The second kappa shape index (κ2) is 6.63. The summed E-state index contributed by atoms with van der Waals surface area (Å²) in [5.41, 5.74) is 2.37. The summed E-state index contributed by atoms with van der Waals surface area (Å²) in [6, 6.07) is 0. The summed E-state index contributed by atoms with van der Waals surface area (Å²) in [4.78, 5) is 4.32. The summed E-state index contributed by atoms with van der Waals surface area (Å²) < 4.78 is 5.09. The summed E-state index contributed by atoms with van der Waals surface area (Å²) >= 11 is 0. The summed E-state index contributed by atoms with van der Waals surface area (Å²) in [5, 5.41) is 3.19. The van der Waals surface area contributed by atoms with Crippen molar-refractivity contribution in [2.45, 2.75) is 33.2 Å². The molecule has 0 saturated heterocycles. The highest BCUT2D eigenvalue weighted by Gasteiger charge is 2.18. The van der Waals surface area contributed by atoms with Gasteiger partial charge in [0.15, 0.2) is 0 Å². The highest BCUT2D eigenvalue weighted by atomic mass is 16.5. The molecule has 0 aromatic heterocycles. The predicted molar refractivity (Wildman–Crippen MR) is 63.6 cm³/mol. The standard InChI is InChI=1S/C10H24N4O/c1-8(2)6-12-9(14-11)13-10(3,4)7-15-5/h8H,6-7,11H2,1-5H3,(H2,12,13,14). The predicted octanol–water partition coefficient (Wildman–Crippen LogP) is 0.476. The molecule has 0 atom stereocenters. The topological polar surface area (TPSA) is 71.7 Å². The Morgan fingerprint density at radius 1 is 1.47 bits per heavy atom. The Hall–Kier alpha value is -0.810. The average molecular weight is 216 g/mol. The second-order valence-corrected chi connectivity index (χ2v) is 4.67. The van der Waals surface area contributed by atoms with Crippen molar-refractivity contribution in [1.29, 1.82) is 0 Å². The zero-order valence-corrected chi connectivity index (χ0v) is 10.4. The van der Waals surface area contributed by atoms with Crippen molar-refractivity contribution in [1.82, 2.24) is 10.7 Å². The summed E-state index contributed by atoms with van der Waals surface area (Å²) in [6.45, 7) is 9.61. The first-order valence-electron chi connectivity index (χ1n) is 5.19. The minimum Gasteiger partial charge on any atom is -0.382 e. The first kappa shape index (κ1) is 14.2. The minimum absolute atomic E-state index is 0.184. The van der Waals surface area contributed by atoms with Gasteiger partial charge in [0.1, 0.15) is 0 Å². The lowest BCUT2D eigenvalue weighted by Crippen LogP contribution is -2.53. The fraction of sp³-hybridized carbons (Fsp3) is 0.900. The quantitative estimate of drug-likeness (QED) is 0.270. The Morgan fingerprint density at radius 3 is 2.47 bits per heavy atom. The number of aliphatic imine (C=N–C) groups is 1. The van der Waals surface area contributed by atoms with Gasteiger partial charge >= 0.3 is 0 Å². The molecule has 0 saturated carbocycles. The fourth-order valence-electron chi connectivity index (χ4n) is 1.11. The van der Waals surface area contributed by atoms with E-state index in [9.17, 15) is 0 Å². The van der Waals surface area contributed by atoms with E-state index in [1.165, 1.54) is 0 Å². The van der Waals surface area contributed by atoms with Crippen LogP contribution in [0, 0.1) is 5.92 Å². The van der Waals surface area contributed by atoms with Crippen LogP contribution in [0.15, 0.2) is 4.99 Å². The molecule has 0 aliphatic rings. The smallest absolute Gasteiger partial charge is 0.206 e. The van der Waals surface area contributed by atoms with E-state index < -0.39 is 0 Å². The summed E-state index contributed by atoms with van der Waals surface area (Å²) in [5.74, 6) is 6.50. The van der Waals surface area contributed by atoms with Crippen LogP contribution in [0.1, 0.15) is 27.7 Å². The van der Waals surface area contributed by atoms with Gasteiger partial charge in [-0.15, -0.1) is 0 Å². The van der Waals surface area contributed by atoms with E-state index in [-0.39, 0.29) is 5.54 Å². The van der Waals surface area contributed by atoms with Gasteiger partial charge in [-0.3, -0.25) is 10.4 Å². The number of nitrogens with one attached hydrogen (secondary N) is 2. The van der Waals surface area contributed by atoms with E-state index in [2.05, 4.69) is 29.6 Å². The lowest BCUT2D eigenvalue weighted by Gasteiger charge is -2.27. The lowest BCUT2D eigenvalue weighted by atomic mass is 10.1. The normalized spacial score (nSPS) is 13.1. The monoisotopic (exact) mass is 216 g/mol. The van der Waals surface area contributed by atoms with Crippen molar-refractivity contribution in [2.75, 3.05) is 20.3 Å². The maximum atomic E-state index is 5.38. The van der Waals surface area contributed by atoms with E-state index in [0.717, 1.165) is 6.54 Å². The molecule has 0 aliphatic heterocycles. The molecule has 0 fully saturated rings. The van der Waals surface area contributed by atoms with Gasteiger partial charge in [-0.2, -0.15) is 0 Å². The molecule has 0 amide bonds. The molecule has 15 heavy (non-hydrogen) atoms. The maximum Gasteiger partial charge on any atom is 0.206 e. The van der Waals surface area contributed by atoms with Gasteiger partial charge in [0, 0.05) is 13.7 Å². The molecular formula is C10H24N4O. The van der Waals surface area contributed by atoms with Gasteiger partial charge in [-0.1, -0.05) is 13.8 Å². The van der Waals surface area contributed by atoms with Gasteiger partial charge in [0.25, 0.3) is 0 Å². The summed E-state index contributed by atoms with van der Waals surface area (Å²) in [7, 11) is 1.67. The molecule has 0 bridgehead atoms. The van der Waals surface area contributed by atoms with Crippen molar-refractivity contribution in [3.05, 3.63) is 0 Å². The van der Waals surface area contributed by atoms with E-state index >= 15 is 0 Å². The summed E-state index contributed by atoms with van der Waals surface area (Å²) in [6.07, 6.45) is 0. The van der Waals surface area contributed by atoms with Gasteiger partial charge < -0.3 is 10.1 Å². The van der Waals surface area contributed by atoms with Crippen molar-refractivity contribution in [2.24, 2.45) is 16.8 Å². The lowest BCUT2D eigenvalue weighted by molar-refractivity contribution is 0.139. The van der Waals surface area contributed by atoms with Gasteiger partial charge in [-0.05, 0) is 19.8 Å². The van der Waals surface area contributed by atoms with Crippen LogP contribution in [0.2, 0.25) is 0 Å². The molecule has 0 rings (SSSR count). The zero-order valence-electron chi connectivity index (χ0n) is 10.4. The third kappa shape index (κ3) is 7.16. The Balaban J connectivity index is 4.25.